The molecule has 0 unspecified atom stereocenters. The third-order valence-electron chi connectivity index (χ3n) is 4.37. The first-order valence-electron chi connectivity index (χ1n) is 9.23. The summed E-state index contributed by atoms with van der Waals surface area (Å²) >= 11 is 5.80. The zero-order valence-electron chi connectivity index (χ0n) is 16.2. The normalized spacial score (nSPS) is 12.0. The Balaban J connectivity index is 1.75. The van der Waals surface area contributed by atoms with E-state index in [1.54, 1.807) is 24.3 Å². The maximum Gasteiger partial charge on any atom is 0.276 e. The minimum atomic E-state index is -4.05. The second-order valence-corrected chi connectivity index (χ2v) is 8.73. The van der Waals surface area contributed by atoms with E-state index in [0.29, 0.717) is 16.0 Å². The summed E-state index contributed by atoms with van der Waals surface area (Å²) in [4.78, 5) is 14.9. The van der Waals surface area contributed by atoms with Crippen molar-refractivity contribution in [3.8, 4) is 0 Å². The lowest BCUT2D eigenvalue weighted by Gasteiger charge is -2.08. The van der Waals surface area contributed by atoms with E-state index in [9.17, 15) is 17.6 Å². The van der Waals surface area contributed by atoms with Gasteiger partial charge in [0.15, 0.2) is 0 Å². The summed E-state index contributed by atoms with van der Waals surface area (Å²) in [5.74, 6) is -1.18. The molecule has 1 amide bonds. The Hall–Kier alpha value is -3.69. The maximum atomic E-state index is 13.5. The Labute approximate surface area is 187 Å². The molecule has 0 radical (unpaired) electrons. The van der Waals surface area contributed by atoms with Crippen LogP contribution in [0.25, 0.3) is 11.0 Å². The zero-order valence-corrected chi connectivity index (χ0v) is 17.8. The number of rotatable bonds is 5. The fraction of sp³-hybridized carbons (Fsp3) is 0. The SMILES string of the molecule is O=C(Nc1cccc(F)c1)c1cc2ccccc2o/c1=N/NS(=O)(=O)c1ccc(Cl)cc1. The van der Waals surface area contributed by atoms with E-state index in [0.717, 1.165) is 6.07 Å². The molecule has 162 valence electrons. The predicted octanol–water partition coefficient (Wildman–Crippen LogP) is 4.27. The van der Waals surface area contributed by atoms with Gasteiger partial charge in [-0.25, -0.2) is 4.39 Å². The molecular weight excluding hydrogens is 457 g/mol. The number of anilines is 1. The molecule has 0 aliphatic rings. The van der Waals surface area contributed by atoms with Crippen LogP contribution in [0.3, 0.4) is 0 Å². The van der Waals surface area contributed by atoms with Gasteiger partial charge in [-0.15, -0.1) is 5.10 Å². The molecule has 2 N–H and O–H groups in total. The largest absolute Gasteiger partial charge is 0.436 e. The lowest BCUT2D eigenvalue weighted by Crippen LogP contribution is -2.27. The Kier molecular flexibility index (Phi) is 5.93. The van der Waals surface area contributed by atoms with Gasteiger partial charge in [-0.05, 0) is 54.6 Å². The number of carbonyl (C=O) groups excluding carboxylic acids is 1. The van der Waals surface area contributed by atoms with Crippen molar-refractivity contribution in [2.24, 2.45) is 5.10 Å². The summed E-state index contributed by atoms with van der Waals surface area (Å²) in [6, 6.07) is 19.2. The first-order valence-corrected chi connectivity index (χ1v) is 11.1. The molecule has 10 heteroatoms. The van der Waals surface area contributed by atoms with Gasteiger partial charge >= 0.3 is 0 Å². The lowest BCUT2D eigenvalue weighted by molar-refractivity contribution is 0.102. The number of nitrogens with one attached hydrogen (secondary N) is 2. The van der Waals surface area contributed by atoms with Crippen molar-refractivity contribution in [1.82, 2.24) is 4.83 Å². The maximum absolute atomic E-state index is 13.5. The number of nitrogens with zero attached hydrogens (tertiary/aromatic N) is 1. The molecule has 0 atom stereocenters. The number of amides is 1. The van der Waals surface area contributed by atoms with Crippen molar-refractivity contribution in [3.63, 3.8) is 0 Å². The van der Waals surface area contributed by atoms with Crippen molar-refractivity contribution >= 4 is 44.2 Å². The first-order chi connectivity index (χ1) is 15.3. The third kappa shape index (κ3) is 4.79. The summed E-state index contributed by atoms with van der Waals surface area (Å²) in [7, 11) is -4.05. The van der Waals surface area contributed by atoms with Gasteiger partial charge in [0, 0.05) is 16.1 Å². The molecule has 32 heavy (non-hydrogen) atoms. The average molecular weight is 472 g/mol. The smallest absolute Gasteiger partial charge is 0.276 e. The van der Waals surface area contributed by atoms with Gasteiger partial charge in [0.25, 0.3) is 15.9 Å². The standard InChI is InChI=1S/C22H15ClFN3O4S/c23-15-8-10-18(11-9-15)32(29,30)27-26-22-19(12-14-4-1-2-7-20(14)31-22)21(28)25-17-6-3-5-16(24)13-17/h1-13,27H,(H,25,28)/b26-22+. The van der Waals surface area contributed by atoms with Crippen LogP contribution >= 0.6 is 11.6 Å². The van der Waals surface area contributed by atoms with Crippen LogP contribution in [0.1, 0.15) is 10.4 Å². The van der Waals surface area contributed by atoms with E-state index >= 15 is 0 Å². The van der Waals surface area contributed by atoms with Gasteiger partial charge in [0.05, 0.1) is 4.90 Å². The molecule has 4 rings (SSSR count). The predicted molar refractivity (Wildman–Crippen MR) is 118 cm³/mol. The van der Waals surface area contributed by atoms with E-state index < -0.39 is 21.7 Å². The van der Waals surface area contributed by atoms with Crippen LogP contribution in [-0.2, 0) is 10.0 Å². The number of para-hydroxylation sites is 1. The van der Waals surface area contributed by atoms with Crippen LogP contribution in [0.2, 0.25) is 5.02 Å². The summed E-state index contributed by atoms with van der Waals surface area (Å²) in [6.07, 6.45) is 0. The van der Waals surface area contributed by atoms with Gasteiger partial charge in [0.1, 0.15) is 17.0 Å². The molecule has 1 heterocycles. The first kappa shape index (κ1) is 21.5. The van der Waals surface area contributed by atoms with Crippen molar-refractivity contribution in [3.05, 3.63) is 101 Å². The number of halogens is 2. The van der Waals surface area contributed by atoms with E-state index in [4.69, 9.17) is 16.0 Å². The number of hydrogen-bond acceptors (Lipinski definition) is 5. The number of fused-ring (bicyclic) bond motifs is 1. The van der Waals surface area contributed by atoms with E-state index in [-0.39, 0.29) is 21.7 Å². The van der Waals surface area contributed by atoms with Crippen LogP contribution in [0.15, 0.2) is 93.3 Å². The molecule has 4 aromatic rings. The summed E-state index contributed by atoms with van der Waals surface area (Å²) in [5, 5.41) is 7.35. The minimum absolute atomic E-state index is 0.0493. The van der Waals surface area contributed by atoms with Crippen LogP contribution in [0, 0.1) is 5.82 Å². The highest BCUT2D eigenvalue weighted by Crippen LogP contribution is 2.16. The highest BCUT2D eigenvalue weighted by atomic mass is 35.5. The summed E-state index contributed by atoms with van der Waals surface area (Å²) < 4.78 is 44.3. The fourth-order valence-corrected chi connectivity index (χ4v) is 3.78. The monoisotopic (exact) mass is 471 g/mol. The summed E-state index contributed by atoms with van der Waals surface area (Å²) in [6.45, 7) is 0. The molecule has 0 aliphatic heterocycles. The number of sulfonamides is 1. The van der Waals surface area contributed by atoms with Crippen LogP contribution in [0.4, 0.5) is 10.1 Å². The Morgan fingerprint density at radius 3 is 2.47 bits per heavy atom. The highest BCUT2D eigenvalue weighted by Gasteiger charge is 2.16. The molecule has 0 aliphatic carbocycles. The zero-order chi connectivity index (χ0) is 22.7. The molecule has 0 saturated carbocycles. The van der Waals surface area contributed by atoms with E-state index in [1.807, 2.05) is 0 Å². The second kappa shape index (κ2) is 8.81. The van der Waals surface area contributed by atoms with E-state index in [2.05, 4.69) is 15.2 Å². The number of hydrogen-bond donors (Lipinski definition) is 2. The summed E-state index contributed by atoms with van der Waals surface area (Å²) in [5.41, 5.74) is 0.289. The molecule has 7 nitrogen and oxygen atoms in total. The van der Waals surface area contributed by atoms with Crippen LogP contribution in [-0.4, -0.2) is 14.3 Å². The fourth-order valence-electron chi connectivity index (χ4n) is 2.85. The molecule has 0 fully saturated rings. The van der Waals surface area contributed by atoms with Crippen LogP contribution in [0.5, 0.6) is 0 Å². The molecule has 3 aromatic carbocycles. The Morgan fingerprint density at radius 1 is 0.969 bits per heavy atom. The van der Waals surface area contributed by atoms with Crippen molar-refractivity contribution in [2.75, 3.05) is 5.32 Å². The Bertz CT molecular complexity index is 1490. The van der Waals surface area contributed by atoms with Gasteiger partial charge in [-0.2, -0.15) is 13.2 Å². The molecule has 0 spiro atoms. The lowest BCUT2D eigenvalue weighted by atomic mass is 10.1. The topological polar surface area (TPSA) is 101 Å². The molecule has 0 saturated heterocycles. The van der Waals surface area contributed by atoms with Gasteiger partial charge < -0.3 is 9.73 Å². The highest BCUT2D eigenvalue weighted by molar-refractivity contribution is 7.89. The molecule has 1 aromatic heterocycles. The number of benzene rings is 3. The van der Waals surface area contributed by atoms with Gasteiger partial charge in [0.2, 0.25) is 5.55 Å². The third-order valence-corrected chi connectivity index (χ3v) is 5.85. The molecular formula is C22H15ClFN3O4S. The van der Waals surface area contributed by atoms with Crippen LogP contribution < -0.4 is 15.7 Å². The number of carbonyl (C=O) groups is 1. The van der Waals surface area contributed by atoms with E-state index in [1.165, 1.54) is 48.5 Å². The van der Waals surface area contributed by atoms with Crippen molar-refractivity contribution < 1.29 is 22.0 Å². The van der Waals surface area contributed by atoms with Crippen molar-refractivity contribution in [1.29, 1.82) is 0 Å². The molecule has 0 bridgehead atoms. The van der Waals surface area contributed by atoms with Crippen molar-refractivity contribution in [2.45, 2.75) is 4.90 Å². The minimum Gasteiger partial charge on any atom is -0.436 e. The van der Waals surface area contributed by atoms with Gasteiger partial charge in [-0.3, -0.25) is 4.79 Å². The van der Waals surface area contributed by atoms with Gasteiger partial charge in [-0.1, -0.05) is 35.9 Å². The Morgan fingerprint density at radius 2 is 1.72 bits per heavy atom. The average Bonchev–Trinajstić information content (AvgIpc) is 2.77. The quantitative estimate of drug-likeness (QED) is 0.424. The second-order valence-electron chi connectivity index (χ2n) is 6.63.